The molecule has 0 bridgehead atoms. The van der Waals surface area contributed by atoms with Crippen molar-refractivity contribution in [1.82, 2.24) is 5.32 Å². The summed E-state index contributed by atoms with van der Waals surface area (Å²) in [5.74, 6) is -0.104. The first-order valence-corrected chi connectivity index (χ1v) is 5.79. The highest BCUT2D eigenvalue weighted by Crippen LogP contribution is 2.22. The van der Waals surface area contributed by atoms with Gasteiger partial charge in [-0.2, -0.15) is 0 Å². The van der Waals surface area contributed by atoms with Crippen LogP contribution in [0.5, 0.6) is 0 Å². The van der Waals surface area contributed by atoms with Crippen molar-refractivity contribution in [3.63, 3.8) is 0 Å². The minimum Gasteiger partial charge on any atom is -0.381 e. The van der Waals surface area contributed by atoms with Gasteiger partial charge < -0.3 is 10.1 Å². The quantitative estimate of drug-likeness (QED) is 0.825. The van der Waals surface area contributed by atoms with E-state index in [1.165, 1.54) is 6.07 Å². The third-order valence-corrected chi connectivity index (χ3v) is 3.21. The molecule has 0 aromatic heterocycles. The monoisotopic (exact) mass is 223 g/mol. The number of halogens is 1. The second kappa shape index (κ2) is 5.41. The zero-order valence-corrected chi connectivity index (χ0v) is 9.58. The molecule has 1 aromatic rings. The highest BCUT2D eigenvalue weighted by atomic mass is 19.1. The maximum atomic E-state index is 13.3. The summed E-state index contributed by atoms with van der Waals surface area (Å²) in [5.41, 5.74) is 0.789. The van der Waals surface area contributed by atoms with E-state index in [4.69, 9.17) is 4.74 Å². The summed E-state index contributed by atoms with van der Waals surface area (Å²) in [6.45, 7) is 0.835. The minimum atomic E-state index is -0.104. The molecule has 0 radical (unpaired) electrons. The Bertz CT molecular complexity index is 336. The zero-order chi connectivity index (χ0) is 11.4. The second-order valence-corrected chi connectivity index (χ2v) is 4.32. The number of hydrogen-bond donors (Lipinski definition) is 1. The molecule has 1 aliphatic rings. The van der Waals surface area contributed by atoms with Crippen molar-refractivity contribution < 1.29 is 9.13 Å². The van der Waals surface area contributed by atoms with Gasteiger partial charge in [-0.15, -0.1) is 0 Å². The average molecular weight is 223 g/mol. The van der Waals surface area contributed by atoms with Gasteiger partial charge in [0.2, 0.25) is 0 Å². The molecular weight excluding hydrogens is 205 g/mol. The Balaban J connectivity index is 1.67. The lowest BCUT2D eigenvalue weighted by Crippen LogP contribution is -2.45. The minimum absolute atomic E-state index is 0.104. The molecule has 1 fully saturated rings. The number of rotatable bonds is 5. The molecule has 0 amide bonds. The summed E-state index contributed by atoms with van der Waals surface area (Å²) in [6.07, 6.45) is 3.33. The zero-order valence-electron chi connectivity index (χ0n) is 9.58. The van der Waals surface area contributed by atoms with E-state index in [0.717, 1.165) is 31.4 Å². The highest BCUT2D eigenvalue weighted by Gasteiger charge is 2.27. The molecule has 1 aliphatic carbocycles. The lowest BCUT2D eigenvalue weighted by Gasteiger charge is -2.34. The van der Waals surface area contributed by atoms with E-state index < -0.39 is 0 Å². The van der Waals surface area contributed by atoms with Gasteiger partial charge in [0.05, 0.1) is 6.10 Å². The Kier molecular flexibility index (Phi) is 3.91. The summed E-state index contributed by atoms with van der Waals surface area (Å²) in [7, 11) is 1.75. The van der Waals surface area contributed by atoms with Crippen LogP contribution in [0, 0.1) is 5.82 Å². The van der Waals surface area contributed by atoms with E-state index in [1.54, 1.807) is 13.2 Å². The molecule has 16 heavy (non-hydrogen) atoms. The summed E-state index contributed by atoms with van der Waals surface area (Å²) >= 11 is 0. The van der Waals surface area contributed by atoms with Gasteiger partial charge in [-0.1, -0.05) is 18.2 Å². The van der Waals surface area contributed by atoms with Crippen LogP contribution in [0.2, 0.25) is 0 Å². The molecule has 2 rings (SSSR count). The summed E-state index contributed by atoms with van der Waals surface area (Å²) in [5, 5.41) is 3.41. The molecule has 0 heterocycles. The third-order valence-electron chi connectivity index (χ3n) is 3.21. The first kappa shape index (κ1) is 11.6. The SMILES string of the molecule is COC1CC(NCCc2ccccc2F)C1. The van der Waals surface area contributed by atoms with Crippen molar-refractivity contribution in [3.05, 3.63) is 35.6 Å². The van der Waals surface area contributed by atoms with Crippen molar-refractivity contribution in [1.29, 1.82) is 0 Å². The van der Waals surface area contributed by atoms with Gasteiger partial charge >= 0.3 is 0 Å². The van der Waals surface area contributed by atoms with Crippen LogP contribution in [-0.2, 0) is 11.2 Å². The van der Waals surface area contributed by atoms with Gasteiger partial charge in [0.25, 0.3) is 0 Å². The fourth-order valence-electron chi connectivity index (χ4n) is 2.04. The van der Waals surface area contributed by atoms with Crippen molar-refractivity contribution in [2.45, 2.75) is 31.4 Å². The predicted molar refractivity (Wildman–Crippen MR) is 61.9 cm³/mol. The predicted octanol–water partition coefficient (Wildman–Crippen LogP) is 2.14. The third kappa shape index (κ3) is 2.80. The Morgan fingerprint density at radius 2 is 2.12 bits per heavy atom. The molecule has 1 saturated carbocycles. The van der Waals surface area contributed by atoms with Crippen LogP contribution >= 0.6 is 0 Å². The lowest BCUT2D eigenvalue weighted by molar-refractivity contribution is 0.0177. The van der Waals surface area contributed by atoms with Crippen LogP contribution in [0.25, 0.3) is 0 Å². The first-order chi connectivity index (χ1) is 7.79. The molecular formula is C13H18FNO. The lowest BCUT2D eigenvalue weighted by atomic mass is 9.89. The Labute approximate surface area is 95.8 Å². The van der Waals surface area contributed by atoms with Crippen LogP contribution < -0.4 is 5.32 Å². The van der Waals surface area contributed by atoms with Gasteiger partial charge in [-0.25, -0.2) is 4.39 Å². The molecule has 1 N–H and O–H groups in total. The van der Waals surface area contributed by atoms with E-state index in [1.807, 2.05) is 12.1 Å². The summed E-state index contributed by atoms with van der Waals surface area (Å²) in [6, 6.07) is 7.51. The maximum Gasteiger partial charge on any atom is 0.126 e. The van der Waals surface area contributed by atoms with E-state index in [2.05, 4.69) is 5.32 Å². The number of methoxy groups -OCH3 is 1. The maximum absolute atomic E-state index is 13.3. The fraction of sp³-hybridized carbons (Fsp3) is 0.538. The number of nitrogens with one attached hydrogen (secondary N) is 1. The number of benzene rings is 1. The van der Waals surface area contributed by atoms with E-state index >= 15 is 0 Å². The number of hydrogen-bond acceptors (Lipinski definition) is 2. The van der Waals surface area contributed by atoms with E-state index in [-0.39, 0.29) is 5.82 Å². The van der Waals surface area contributed by atoms with Crippen LogP contribution in [0.4, 0.5) is 4.39 Å². The summed E-state index contributed by atoms with van der Waals surface area (Å²) in [4.78, 5) is 0. The second-order valence-electron chi connectivity index (χ2n) is 4.32. The van der Waals surface area contributed by atoms with Crippen LogP contribution in [-0.4, -0.2) is 25.8 Å². The molecule has 1 aromatic carbocycles. The van der Waals surface area contributed by atoms with Gasteiger partial charge in [-0.3, -0.25) is 0 Å². The van der Waals surface area contributed by atoms with Gasteiger partial charge in [0, 0.05) is 13.2 Å². The van der Waals surface area contributed by atoms with Crippen molar-refractivity contribution in [2.24, 2.45) is 0 Å². The van der Waals surface area contributed by atoms with E-state index in [0.29, 0.717) is 12.1 Å². The van der Waals surface area contributed by atoms with Crippen molar-refractivity contribution in [3.8, 4) is 0 Å². The van der Waals surface area contributed by atoms with Gasteiger partial charge in [-0.05, 0) is 37.4 Å². The van der Waals surface area contributed by atoms with Crippen LogP contribution in [0.15, 0.2) is 24.3 Å². The molecule has 0 atom stereocenters. The smallest absolute Gasteiger partial charge is 0.126 e. The molecule has 0 unspecified atom stereocenters. The van der Waals surface area contributed by atoms with Crippen LogP contribution in [0.3, 0.4) is 0 Å². The number of ether oxygens (including phenoxy) is 1. The first-order valence-electron chi connectivity index (χ1n) is 5.79. The van der Waals surface area contributed by atoms with Gasteiger partial charge in [0.15, 0.2) is 0 Å². The molecule has 3 heteroatoms. The van der Waals surface area contributed by atoms with E-state index in [9.17, 15) is 4.39 Å². The van der Waals surface area contributed by atoms with Crippen molar-refractivity contribution in [2.75, 3.05) is 13.7 Å². The summed E-state index contributed by atoms with van der Waals surface area (Å²) < 4.78 is 18.5. The van der Waals surface area contributed by atoms with Crippen LogP contribution in [0.1, 0.15) is 18.4 Å². The largest absolute Gasteiger partial charge is 0.381 e. The Morgan fingerprint density at radius 3 is 2.81 bits per heavy atom. The molecule has 0 saturated heterocycles. The molecule has 0 spiro atoms. The standard InChI is InChI=1S/C13H18FNO/c1-16-12-8-11(9-12)15-7-6-10-4-2-3-5-13(10)14/h2-5,11-12,15H,6-9H2,1H3. The van der Waals surface area contributed by atoms with Gasteiger partial charge in [0.1, 0.15) is 5.82 Å². The Hall–Kier alpha value is -0.930. The molecule has 88 valence electrons. The fourth-order valence-corrected chi connectivity index (χ4v) is 2.04. The molecule has 0 aliphatic heterocycles. The van der Waals surface area contributed by atoms with Crippen molar-refractivity contribution >= 4 is 0 Å². The highest BCUT2D eigenvalue weighted by molar-refractivity contribution is 5.17. The molecule has 2 nitrogen and oxygen atoms in total. The average Bonchev–Trinajstić information content (AvgIpc) is 2.24. The normalized spacial score (nSPS) is 24.1. The Morgan fingerprint density at radius 1 is 1.38 bits per heavy atom. The topological polar surface area (TPSA) is 21.3 Å².